The quantitative estimate of drug-likeness (QED) is 0.652. The second kappa shape index (κ2) is 4.45. The fraction of sp³-hybridized carbons (Fsp3) is 0.200. The van der Waals surface area contributed by atoms with Gasteiger partial charge in [-0.05, 0) is 19.1 Å². The van der Waals surface area contributed by atoms with Crippen LogP contribution in [0.1, 0.15) is 17.3 Å². The SMILES string of the molecule is C[C@H](NC(=O)c1ccccc1O)C(N)=O. The van der Waals surface area contributed by atoms with Gasteiger partial charge in [0.2, 0.25) is 5.91 Å². The average molecular weight is 208 g/mol. The molecule has 1 atom stereocenters. The average Bonchev–Trinajstić information content (AvgIpc) is 2.18. The van der Waals surface area contributed by atoms with Crippen LogP contribution in [0.4, 0.5) is 0 Å². The first-order valence-electron chi connectivity index (χ1n) is 4.40. The van der Waals surface area contributed by atoms with Crippen molar-refractivity contribution in [2.45, 2.75) is 13.0 Å². The van der Waals surface area contributed by atoms with Crippen molar-refractivity contribution in [3.05, 3.63) is 29.8 Å². The standard InChI is InChI=1S/C10H12N2O3/c1-6(9(11)14)12-10(15)7-4-2-3-5-8(7)13/h2-6,13H,1H3,(H2,11,14)(H,12,15)/t6-/m0/s1. The first-order chi connectivity index (χ1) is 7.02. The zero-order chi connectivity index (χ0) is 11.4. The second-order valence-electron chi connectivity index (χ2n) is 3.11. The van der Waals surface area contributed by atoms with Crippen molar-refractivity contribution in [3.8, 4) is 5.75 Å². The summed E-state index contributed by atoms with van der Waals surface area (Å²) in [5.41, 5.74) is 5.10. The fourth-order valence-corrected chi connectivity index (χ4v) is 1.01. The maximum atomic E-state index is 11.5. The van der Waals surface area contributed by atoms with Gasteiger partial charge in [0.05, 0.1) is 5.56 Å². The third-order valence-corrected chi connectivity index (χ3v) is 1.92. The van der Waals surface area contributed by atoms with E-state index in [-0.39, 0.29) is 11.3 Å². The minimum atomic E-state index is -0.767. The number of para-hydroxylation sites is 1. The Labute approximate surface area is 86.9 Å². The molecule has 1 aromatic carbocycles. The number of aromatic hydroxyl groups is 1. The normalized spacial score (nSPS) is 11.8. The lowest BCUT2D eigenvalue weighted by Gasteiger charge is -2.10. The van der Waals surface area contributed by atoms with Gasteiger partial charge in [-0.25, -0.2) is 0 Å². The Morgan fingerprint density at radius 3 is 2.53 bits per heavy atom. The van der Waals surface area contributed by atoms with Crippen LogP contribution in [0.2, 0.25) is 0 Å². The number of rotatable bonds is 3. The molecule has 0 aliphatic rings. The largest absolute Gasteiger partial charge is 0.507 e. The highest BCUT2D eigenvalue weighted by molar-refractivity contribution is 5.99. The minimum absolute atomic E-state index is 0.116. The Morgan fingerprint density at radius 1 is 1.40 bits per heavy atom. The molecule has 15 heavy (non-hydrogen) atoms. The lowest BCUT2D eigenvalue weighted by Crippen LogP contribution is -2.42. The van der Waals surface area contributed by atoms with Gasteiger partial charge in [-0.15, -0.1) is 0 Å². The van der Waals surface area contributed by atoms with Crippen molar-refractivity contribution in [3.63, 3.8) is 0 Å². The molecule has 80 valence electrons. The molecule has 5 nitrogen and oxygen atoms in total. The molecule has 0 unspecified atom stereocenters. The van der Waals surface area contributed by atoms with Gasteiger partial charge in [0.1, 0.15) is 11.8 Å². The number of benzene rings is 1. The number of hydrogen-bond acceptors (Lipinski definition) is 3. The Kier molecular flexibility index (Phi) is 3.28. The molecule has 0 aromatic heterocycles. The van der Waals surface area contributed by atoms with Crippen LogP contribution in [0.5, 0.6) is 5.75 Å². The summed E-state index contributed by atoms with van der Waals surface area (Å²) >= 11 is 0. The van der Waals surface area contributed by atoms with Crippen molar-refractivity contribution >= 4 is 11.8 Å². The molecule has 5 heteroatoms. The number of nitrogens with one attached hydrogen (secondary N) is 1. The van der Waals surface area contributed by atoms with Gasteiger partial charge in [0.15, 0.2) is 0 Å². The summed E-state index contributed by atoms with van der Waals surface area (Å²) in [5, 5.41) is 11.7. The summed E-state index contributed by atoms with van der Waals surface area (Å²) in [4.78, 5) is 22.2. The van der Waals surface area contributed by atoms with E-state index in [0.29, 0.717) is 0 Å². The molecular formula is C10H12N2O3. The van der Waals surface area contributed by atoms with E-state index in [1.807, 2.05) is 0 Å². The molecule has 0 aliphatic heterocycles. The summed E-state index contributed by atoms with van der Waals surface area (Å²) in [6.07, 6.45) is 0. The molecule has 0 saturated heterocycles. The summed E-state index contributed by atoms with van der Waals surface area (Å²) in [6, 6.07) is 5.30. The van der Waals surface area contributed by atoms with E-state index >= 15 is 0 Å². The van der Waals surface area contributed by atoms with Crippen LogP contribution in [-0.2, 0) is 4.79 Å². The van der Waals surface area contributed by atoms with Gasteiger partial charge >= 0.3 is 0 Å². The van der Waals surface area contributed by atoms with Crippen LogP contribution in [-0.4, -0.2) is 23.0 Å². The van der Waals surface area contributed by atoms with Crippen LogP contribution in [0.15, 0.2) is 24.3 Å². The van der Waals surface area contributed by atoms with Gasteiger partial charge in [-0.2, -0.15) is 0 Å². The number of phenolic OH excluding ortho intramolecular Hbond substituents is 1. The number of amides is 2. The van der Waals surface area contributed by atoms with Crippen molar-refractivity contribution in [2.24, 2.45) is 5.73 Å². The highest BCUT2D eigenvalue weighted by Gasteiger charge is 2.15. The van der Waals surface area contributed by atoms with Crippen molar-refractivity contribution in [2.75, 3.05) is 0 Å². The van der Waals surface area contributed by atoms with E-state index in [1.165, 1.54) is 19.1 Å². The number of nitrogens with two attached hydrogens (primary N) is 1. The van der Waals surface area contributed by atoms with Crippen molar-refractivity contribution < 1.29 is 14.7 Å². The van der Waals surface area contributed by atoms with Crippen LogP contribution in [0.25, 0.3) is 0 Å². The zero-order valence-corrected chi connectivity index (χ0v) is 8.23. The Bertz CT molecular complexity index is 390. The molecule has 2 amide bonds. The maximum absolute atomic E-state index is 11.5. The van der Waals surface area contributed by atoms with Crippen LogP contribution in [0, 0.1) is 0 Å². The van der Waals surface area contributed by atoms with Crippen molar-refractivity contribution in [1.29, 1.82) is 0 Å². The third kappa shape index (κ3) is 2.70. The zero-order valence-electron chi connectivity index (χ0n) is 8.23. The van der Waals surface area contributed by atoms with E-state index in [4.69, 9.17) is 5.73 Å². The topological polar surface area (TPSA) is 92.4 Å². The fourth-order valence-electron chi connectivity index (χ4n) is 1.01. The second-order valence-corrected chi connectivity index (χ2v) is 3.11. The van der Waals surface area contributed by atoms with E-state index < -0.39 is 17.9 Å². The van der Waals surface area contributed by atoms with E-state index in [0.717, 1.165) is 0 Å². The molecule has 0 saturated carbocycles. The smallest absolute Gasteiger partial charge is 0.255 e. The molecule has 0 radical (unpaired) electrons. The highest BCUT2D eigenvalue weighted by Crippen LogP contribution is 2.15. The molecular weight excluding hydrogens is 196 g/mol. The maximum Gasteiger partial charge on any atom is 0.255 e. The highest BCUT2D eigenvalue weighted by atomic mass is 16.3. The van der Waals surface area contributed by atoms with Crippen LogP contribution >= 0.6 is 0 Å². The van der Waals surface area contributed by atoms with Gasteiger partial charge < -0.3 is 16.2 Å². The summed E-state index contributed by atoms with van der Waals surface area (Å²) in [7, 11) is 0. The number of carbonyl (C=O) groups excluding carboxylic acids is 2. The number of hydrogen-bond donors (Lipinski definition) is 3. The van der Waals surface area contributed by atoms with Gasteiger partial charge in [-0.3, -0.25) is 9.59 Å². The number of carbonyl (C=O) groups is 2. The first-order valence-corrected chi connectivity index (χ1v) is 4.40. The molecule has 0 fully saturated rings. The Hall–Kier alpha value is -2.04. The van der Waals surface area contributed by atoms with E-state index in [2.05, 4.69) is 5.32 Å². The first kappa shape index (κ1) is 11.0. The molecule has 4 N–H and O–H groups in total. The van der Waals surface area contributed by atoms with Crippen molar-refractivity contribution in [1.82, 2.24) is 5.32 Å². The Balaban J connectivity index is 2.78. The van der Waals surface area contributed by atoms with Gasteiger partial charge in [-0.1, -0.05) is 12.1 Å². The molecule has 1 rings (SSSR count). The predicted octanol–water partition coefficient (Wildman–Crippen LogP) is -0.00420. The summed E-state index contributed by atoms with van der Waals surface area (Å²) in [5.74, 6) is -1.29. The van der Waals surface area contributed by atoms with Crippen LogP contribution in [0.3, 0.4) is 0 Å². The predicted molar refractivity (Wildman–Crippen MR) is 54.2 cm³/mol. The lowest BCUT2D eigenvalue weighted by atomic mass is 10.2. The number of primary amides is 1. The third-order valence-electron chi connectivity index (χ3n) is 1.92. The Morgan fingerprint density at radius 2 is 2.00 bits per heavy atom. The van der Waals surface area contributed by atoms with Crippen LogP contribution < -0.4 is 11.1 Å². The van der Waals surface area contributed by atoms with E-state index in [9.17, 15) is 14.7 Å². The number of phenols is 1. The minimum Gasteiger partial charge on any atom is -0.507 e. The monoisotopic (exact) mass is 208 g/mol. The summed E-state index contributed by atoms with van der Waals surface area (Å²) in [6.45, 7) is 1.47. The van der Waals surface area contributed by atoms with Gasteiger partial charge in [0.25, 0.3) is 5.91 Å². The molecule has 0 heterocycles. The molecule has 1 aromatic rings. The molecule has 0 spiro atoms. The molecule has 0 aliphatic carbocycles. The lowest BCUT2D eigenvalue weighted by molar-refractivity contribution is -0.119. The van der Waals surface area contributed by atoms with E-state index in [1.54, 1.807) is 12.1 Å². The summed E-state index contributed by atoms with van der Waals surface area (Å²) < 4.78 is 0. The van der Waals surface area contributed by atoms with Gasteiger partial charge in [0, 0.05) is 0 Å². The molecule has 0 bridgehead atoms.